The van der Waals surface area contributed by atoms with Crippen molar-refractivity contribution >= 4 is 11.9 Å². The van der Waals surface area contributed by atoms with E-state index in [1.165, 1.54) is 44.0 Å². The molecule has 0 aliphatic heterocycles. The van der Waals surface area contributed by atoms with Gasteiger partial charge < -0.3 is 14.8 Å². The third-order valence-corrected chi connectivity index (χ3v) is 4.17. The van der Waals surface area contributed by atoms with Crippen LogP contribution in [-0.2, 0) is 9.53 Å². The van der Waals surface area contributed by atoms with Crippen LogP contribution >= 0.6 is 0 Å². The number of alkyl halides is 2. The molecule has 7 heteroatoms. The fraction of sp³-hybridized carbons (Fsp3) is 0.556. The molecule has 2 rings (SSSR count). The lowest BCUT2D eigenvalue weighted by atomic mass is 10.1. The molecule has 0 heterocycles. The lowest BCUT2D eigenvalue weighted by Gasteiger charge is -2.19. The fourth-order valence-electron chi connectivity index (χ4n) is 2.80. The van der Waals surface area contributed by atoms with Crippen LogP contribution in [-0.4, -0.2) is 30.6 Å². The van der Waals surface area contributed by atoms with Crippen LogP contribution in [0.4, 0.5) is 8.78 Å². The molecule has 0 radical (unpaired) electrons. The average Bonchev–Trinajstić information content (AvgIpc) is 2.83. The van der Waals surface area contributed by atoms with E-state index in [0.717, 1.165) is 25.7 Å². The summed E-state index contributed by atoms with van der Waals surface area (Å²) < 4.78 is 33.6. The van der Waals surface area contributed by atoms with Crippen LogP contribution in [0.3, 0.4) is 0 Å². The van der Waals surface area contributed by atoms with Crippen molar-refractivity contribution in [2.75, 3.05) is 0 Å². The number of hydrogen-bond donors (Lipinski definition) is 1. The summed E-state index contributed by atoms with van der Waals surface area (Å²) in [4.78, 5) is 24.2. The van der Waals surface area contributed by atoms with Crippen LogP contribution in [0.1, 0.15) is 55.8 Å². The van der Waals surface area contributed by atoms with Gasteiger partial charge in [0, 0.05) is 6.04 Å². The predicted octanol–water partition coefficient (Wildman–Crippen LogP) is 3.67. The van der Waals surface area contributed by atoms with E-state index in [1.54, 1.807) is 0 Å². The number of rotatable bonds is 6. The van der Waals surface area contributed by atoms with Crippen molar-refractivity contribution in [1.29, 1.82) is 0 Å². The first-order valence-electron chi connectivity index (χ1n) is 8.52. The highest BCUT2D eigenvalue weighted by Gasteiger charge is 2.22. The van der Waals surface area contributed by atoms with Crippen molar-refractivity contribution in [3.8, 4) is 5.75 Å². The molecule has 1 amide bonds. The van der Waals surface area contributed by atoms with Crippen LogP contribution in [0.5, 0.6) is 5.75 Å². The molecule has 1 aromatic carbocycles. The Morgan fingerprint density at radius 3 is 2.24 bits per heavy atom. The van der Waals surface area contributed by atoms with Gasteiger partial charge >= 0.3 is 12.6 Å². The number of halogens is 2. The Balaban J connectivity index is 1.84. The molecule has 5 nitrogen and oxygen atoms in total. The van der Waals surface area contributed by atoms with Gasteiger partial charge in [-0.25, -0.2) is 4.79 Å². The van der Waals surface area contributed by atoms with Gasteiger partial charge in [0.15, 0.2) is 6.10 Å². The fourth-order valence-corrected chi connectivity index (χ4v) is 2.80. The molecule has 1 saturated carbocycles. The Labute approximate surface area is 145 Å². The molecular formula is C18H23F2NO4. The molecule has 0 spiro atoms. The van der Waals surface area contributed by atoms with E-state index in [4.69, 9.17) is 4.74 Å². The number of ether oxygens (including phenoxy) is 2. The van der Waals surface area contributed by atoms with E-state index in [-0.39, 0.29) is 23.3 Å². The second-order valence-electron chi connectivity index (χ2n) is 6.15. The van der Waals surface area contributed by atoms with Gasteiger partial charge in [-0.2, -0.15) is 8.78 Å². The van der Waals surface area contributed by atoms with Crippen LogP contribution in [0, 0.1) is 0 Å². The molecule has 0 unspecified atom stereocenters. The van der Waals surface area contributed by atoms with Gasteiger partial charge in [0.25, 0.3) is 5.91 Å². The number of esters is 1. The normalized spacial score (nSPS) is 16.8. The van der Waals surface area contributed by atoms with E-state index in [0.29, 0.717) is 0 Å². The van der Waals surface area contributed by atoms with Gasteiger partial charge in [-0.15, -0.1) is 0 Å². The summed E-state index contributed by atoms with van der Waals surface area (Å²) in [6, 6.07) is 5.26. The highest BCUT2D eigenvalue weighted by molar-refractivity contribution is 5.92. The molecule has 1 aliphatic carbocycles. The lowest BCUT2D eigenvalue weighted by molar-refractivity contribution is -0.129. The van der Waals surface area contributed by atoms with Crippen molar-refractivity contribution in [3.63, 3.8) is 0 Å². The van der Waals surface area contributed by atoms with Crippen LogP contribution in [0.25, 0.3) is 0 Å². The number of carbonyl (C=O) groups is 2. The van der Waals surface area contributed by atoms with E-state index in [2.05, 4.69) is 10.1 Å². The smallest absolute Gasteiger partial charge is 0.387 e. The van der Waals surface area contributed by atoms with E-state index in [9.17, 15) is 18.4 Å². The van der Waals surface area contributed by atoms with Gasteiger partial charge in [-0.3, -0.25) is 4.79 Å². The van der Waals surface area contributed by atoms with E-state index < -0.39 is 18.7 Å². The zero-order chi connectivity index (χ0) is 18.2. The topological polar surface area (TPSA) is 64.6 Å². The molecule has 1 N–H and O–H groups in total. The minimum atomic E-state index is -2.93. The summed E-state index contributed by atoms with van der Waals surface area (Å²) in [6.07, 6.45) is 5.51. The number of amides is 1. The summed E-state index contributed by atoms with van der Waals surface area (Å²) in [6.45, 7) is -1.41. The van der Waals surface area contributed by atoms with Gasteiger partial charge in [0.2, 0.25) is 0 Å². The predicted molar refractivity (Wildman–Crippen MR) is 87.6 cm³/mol. The highest BCUT2D eigenvalue weighted by atomic mass is 19.3. The maximum absolute atomic E-state index is 12.2. The maximum Gasteiger partial charge on any atom is 0.387 e. The third-order valence-electron chi connectivity index (χ3n) is 4.17. The van der Waals surface area contributed by atoms with Crippen LogP contribution in [0.15, 0.2) is 24.3 Å². The Morgan fingerprint density at radius 1 is 1.08 bits per heavy atom. The zero-order valence-electron chi connectivity index (χ0n) is 14.2. The molecule has 1 aromatic rings. The van der Waals surface area contributed by atoms with Crippen molar-refractivity contribution < 1.29 is 27.8 Å². The summed E-state index contributed by atoms with van der Waals surface area (Å²) in [7, 11) is 0. The quantitative estimate of drug-likeness (QED) is 0.625. The van der Waals surface area contributed by atoms with Crippen LogP contribution in [0.2, 0.25) is 0 Å². The second kappa shape index (κ2) is 9.34. The molecule has 0 aromatic heterocycles. The van der Waals surface area contributed by atoms with Gasteiger partial charge in [-0.05, 0) is 44.0 Å². The number of nitrogens with one attached hydrogen (secondary N) is 1. The monoisotopic (exact) mass is 355 g/mol. The maximum atomic E-state index is 12.2. The van der Waals surface area contributed by atoms with Gasteiger partial charge in [0.05, 0.1) is 5.56 Å². The first-order chi connectivity index (χ1) is 12.0. The van der Waals surface area contributed by atoms with Crippen molar-refractivity contribution in [1.82, 2.24) is 5.32 Å². The van der Waals surface area contributed by atoms with Gasteiger partial charge in [-0.1, -0.05) is 25.7 Å². The van der Waals surface area contributed by atoms with Gasteiger partial charge in [0.1, 0.15) is 5.75 Å². The molecule has 138 valence electrons. The van der Waals surface area contributed by atoms with E-state index >= 15 is 0 Å². The Hall–Kier alpha value is -2.18. The largest absolute Gasteiger partial charge is 0.449 e. The summed E-state index contributed by atoms with van der Waals surface area (Å²) >= 11 is 0. The van der Waals surface area contributed by atoms with Crippen molar-refractivity contribution in [3.05, 3.63) is 29.8 Å². The SMILES string of the molecule is C[C@H](OC(=O)c1ccc(OC(F)F)cc1)C(=O)NC1CCCCCC1. The Morgan fingerprint density at radius 2 is 1.68 bits per heavy atom. The summed E-state index contributed by atoms with van der Waals surface area (Å²) in [5.41, 5.74) is 0.163. The number of benzene rings is 1. The standard InChI is InChI=1S/C18H23F2NO4/c1-12(16(22)21-14-6-4-2-3-5-7-14)24-17(23)13-8-10-15(11-9-13)25-18(19)20/h8-12,14,18H,2-7H2,1H3,(H,21,22)/t12-/m0/s1. The number of hydrogen-bond acceptors (Lipinski definition) is 4. The number of carbonyl (C=O) groups excluding carboxylic acids is 2. The molecule has 1 fully saturated rings. The molecule has 0 bridgehead atoms. The first-order valence-corrected chi connectivity index (χ1v) is 8.52. The average molecular weight is 355 g/mol. The Bertz CT molecular complexity index is 569. The molecular weight excluding hydrogens is 332 g/mol. The lowest BCUT2D eigenvalue weighted by Crippen LogP contribution is -2.41. The minimum Gasteiger partial charge on any atom is -0.449 e. The van der Waals surface area contributed by atoms with Crippen molar-refractivity contribution in [2.45, 2.75) is 64.2 Å². The van der Waals surface area contributed by atoms with Crippen LogP contribution < -0.4 is 10.1 Å². The first kappa shape index (κ1) is 19.1. The zero-order valence-corrected chi connectivity index (χ0v) is 14.2. The third kappa shape index (κ3) is 6.32. The molecule has 25 heavy (non-hydrogen) atoms. The summed E-state index contributed by atoms with van der Waals surface area (Å²) in [5, 5.41) is 2.93. The highest BCUT2D eigenvalue weighted by Crippen LogP contribution is 2.18. The summed E-state index contributed by atoms with van der Waals surface area (Å²) in [5.74, 6) is -1.06. The van der Waals surface area contributed by atoms with Crippen molar-refractivity contribution in [2.24, 2.45) is 0 Å². The van der Waals surface area contributed by atoms with E-state index in [1.807, 2.05) is 0 Å². The molecule has 0 saturated heterocycles. The Kier molecular flexibility index (Phi) is 7.16. The molecule has 1 atom stereocenters. The second-order valence-corrected chi connectivity index (χ2v) is 6.15. The minimum absolute atomic E-state index is 0.0503. The molecule has 1 aliphatic rings.